The fraction of sp³-hybridized carbons (Fsp3) is 0.409. The molecule has 1 aliphatic rings. The van der Waals surface area contributed by atoms with E-state index in [-0.39, 0.29) is 5.91 Å². The van der Waals surface area contributed by atoms with Crippen LogP contribution in [0.2, 0.25) is 0 Å². The Morgan fingerprint density at radius 2 is 1.63 bits per heavy atom. The third-order valence-corrected chi connectivity index (χ3v) is 6.53. The van der Waals surface area contributed by atoms with E-state index < -0.39 is 16.1 Å². The SMILES string of the molecule is CC[C@@H](C(=O)N1CCN(c2ccccc2)CC1)N(c1ccc(OC)cc1)S(C)(=O)=O. The first-order chi connectivity index (χ1) is 14.3. The minimum absolute atomic E-state index is 0.161. The molecule has 0 spiro atoms. The van der Waals surface area contributed by atoms with Crippen molar-refractivity contribution in [1.29, 1.82) is 0 Å². The number of hydrogen-bond donors (Lipinski definition) is 0. The van der Waals surface area contributed by atoms with E-state index >= 15 is 0 Å². The maximum Gasteiger partial charge on any atom is 0.246 e. The van der Waals surface area contributed by atoms with E-state index in [4.69, 9.17) is 4.74 Å². The topological polar surface area (TPSA) is 70.2 Å². The number of amides is 1. The molecule has 0 radical (unpaired) electrons. The molecule has 1 aliphatic heterocycles. The molecule has 2 aromatic rings. The number of rotatable bonds is 7. The van der Waals surface area contributed by atoms with Gasteiger partial charge in [-0.15, -0.1) is 0 Å². The molecule has 7 nitrogen and oxygen atoms in total. The molecule has 1 amide bonds. The maximum absolute atomic E-state index is 13.3. The van der Waals surface area contributed by atoms with Crippen LogP contribution in [0.15, 0.2) is 54.6 Å². The van der Waals surface area contributed by atoms with Crippen LogP contribution in [0.3, 0.4) is 0 Å². The van der Waals surface area contributed by atoms with Crippen molar-refractivity contribution in [2.75, 3.05) is 48.7 Å². The van der Waals surface area contributed by atoms with Crippen LogP contribution in [0.5, 0.6) is 5.75 Å². The average Bonchev–Trinajstić information content (AvgIpc) is 2.77. The lowest BCUT2D eigenvalue weighted by molar-refractivity contribution is -0.132. The standard InChI is InChI=1S/C22H29N3O4S/c1-4-21(25(30(3,27)28)19-10-12-20(29-2)13-11-19)22(26)24-16-14-23(15-17-24)18-8-6-5-7-9-18/h5-13,21H,4,14-17H2,1-3H3/t21-/m0/s1. The van der Waals surface area contributed by atoms with Gasteiger partial charge in [-0.3, -0.25) is 9.10 Å². The predicted molar refractivity (Wildman–Crippen MR) is 120 cm³/mol. The third-order valence-electron chi connectivity index (χ3n) is 5.35. The van der Waals surface area contributed by atoms with Gasteiger partial charge in [-0.2, -0.15) is 0 Å². The smallest absolute Gasteiger partial charge is 0.246 e. The van der Waals surface area contributed by atoms with Crippen LogP contribution >= 0.6 is 0 Å². The van der Waals surface area contributed by atoms with Crippen molar-refractivity contribution in [2.24, 2.45) is 0 Å². The van der Waals surface area contributed by atoms with Gasteiger partial charge in [0.15, 0.2) is 0 Å². The summed E-state index contributed by atoms with van der Waals surface area (Å²) in [6.07, 6.45) is 1.53. The Hall–Kier alpha value is -2.74. The fourth-order valence-corrected chi connectivity index (χ4v) is 5.01. The van der Waals surface area contributed by atoms with E-state index in [9.17, 15) is 13.2 Å². The Kier molecular flexibility index (Phi) is 6.87. The minimum Gasteiger partial charge on any atom is -0.497 e. The molecule has 2 aromatic carbocycles. The highest BCUT2D eigenvalue weighted by molar-refractivity contribution is 7.92. The van der Waals surface area contributed by atoms with Crippen molar-refractivity contribution in [2.45, 2.75) is 19.4 Å². The first-order valence-corrected chi connectivity index (χ1v) is 11.9. The van der Waals surface area contributed by atoms with E-state index in [1.807, 2.05) is 25.1 Å². The summed E-state index contributed by atoms with van der Waals surface area (Å²) < 4.78 is 31.7. The molecule has 1 heterocycles. The number of sulfonamides is 1. The Morgan fingerprint density at radius 1 is 1.03 bits per heavy atom. The van der Waals surface area contributed by atoms with Gasteiger partial charge in [-0.25, -0.2) is 8.42 Å². The van der Waals surface area contributed by atoms with Gasteiger partial charge in [0.1, 0.15) is 11.8 Å². The number of nitrogens with zero attached hydrogens (tertiary/aromatic N) is 3. The number of carbonyl (C=O) groups is 1. The molecular formula is C22H29N3O4S. The van der Waals surface area contributed by atoms with E-state index in [1.165, 1.54) is 4.31 Å². The van der Waals surface area contributed by atoms with Gasteiger partial charge >= 0.3 is 0 Å². The summed E-state index contributed by atoms with van der Waals surface area (Å²) in [5.41, 5.74) is 1.59. The lowest BCUT2D eigenvalue weighted by Crippen LogP contribution is -2.56. The predicted octanol–water partition coefficient (Wildman–Crippen LogP) is 2.59. The number of para-hydroxylation sites is 1. The summed E-state index contributed by atoms with van der Waals surface area (Å²) in [6, 6.07) is 16.0. The van der Waals surface area contributed by atoms with Gasteiger partial charge in [0, 0.05) is 31.9 Å². The lowest BCUT2D eigenvalue weighted by Gasteiger charge is -2.39. The van der Waals surface area contributed by atoms with Gasteiger partial charge in [0.25, 0.3) is 0 Å². The summed E-state index contributed by atoms with van der Waals surface area (Å²) in [5.74, 6) is 0.468. The maximum atomic E-state index is 13.3. The monoisotopic (exact) mass is 431 g/mol. The number of carbonyl (C=O) groups excluding carboxylic acids is 1. The molecule has 0 unspecified atom stereocenters. The molecule has 0 bridgehead atoms. The van der Waals surface area contributed by atoms with Crippen molar-refractivity contribution in [1.82, 2.24) is 4.90 Å². The van der Waals surface area contributed by atoms with Gasteiger partial charge in [-0.05, 0) is 42.8 Å². The van der Waals surface area contributed by atoms with E-state index in [0.29, 0.717) is 44.0 Å². The fourth-order valence-electron chi connectivity index (χ4n) is 3.81. The molecule has 1 atom stereocenters. The van der Waals surface area contributed by atoms with Crippen molar-refractivity contribution in [3.63, 3.8) is 0 Å². The van der Waals surface area contributed by atoms with Crippen LogP contribution in [0, 0.1) is 0 Å². The molecule has 162 valence electrons. The number of ether oxygens (including phenoxy) is 1. The summed E-state index contributed by atoms with van der Waals surface area (Å²) in [4.78, 5) is 17.3. The number of benzene rings is 2. The minimum atomic E-state index is -3.65. The quantitative estimate of drug-likeness (QED) is 0.674. The molecule has 0 aromatic heterocycles. The first kappa shape index (κ1) is 22.0. The molecule has 0 saturated carbocycles. The van der Waals surface area contributed by atoms with Gasteiger partial charge < -0.3 is 14.5 Å². The molecular weight excluding hydrogens is 402 g/mol. The molecule has 1 fully saturated rings. The van der Waals surface area contributed by atoms with Crippen LogP contribution in [0.1, 0.15) is 13.3 Å². The molecule has 8 heteroatoms. The summed E-state index contributed by atoms with van der Waals surface area (Å²) in [5, 5.41) is 0. The number of hydrogen-bond acceptors (Lipinski definition) is 5. The average molecular weight is 432 g/mol. The van der Waals surface area contributed by atoms with Crippen molar-refractivity contribution in [3.05, 3.63) is 54.6 Å². The van der Waals surface area contributed by atoms with Crippen molar-refractivity contribution >= 4 is 27.3 Å². The van der Waals surface area contributed by atoms with E-state index in [2.05, 4.69) is 17.0 Å². The Labute approximate surface area is 178 Å². The van der Waals surface area contributed by atoms with Crippen LogP contribution < -0.4 is 13.9 Å². The second-order valence-corrected chi connectivity index (χ2v) is 9.19. The van der Waals surface area contributed by atoms with Gasteiger partial charge in [0.05, 0.1) is 19.1 Å². The summed E-state index contributed by atoms with van der Waals surface area (Å²) in [6.45, 7) is 4.39. The number of methoxy groups -OCH3 is 1. The van der Waals surface area contributed by atoms with Crippen LogP contribution in [-0.2, 0) is 14.8 Å². The normalized spacial score (nSPS) is 15.6. The van der Waals surface area contributed by atoms with Gasteiger partial charge in [-0.1, -0.05) is 25.1 Å². The Morgan fingerprint density at radius 3 is 2.13 bits per heavy atom. The number of piperazine rings is 1. The highest BCUT2D eigenvalue weighted by Gasteiger charge is 2.35. The molecule has 3 rings (SSSR count). The molecule has 1 saturated heterocycles. The van der Waals surface area contributed by atoms with Gasteiger partial charge in [0.2, 0.25) is 15.9 Å². The Balaban J connectivity index is 1.77. The third kappa shape index (κ3) is 4.87. The zero-order valence-corrected chi connectivity index (χ0v) is 18.5. The van der Waals surface area contributed by atoms with E-state index in [0.717, 1.165) is 11.9 Å². The lowest BCUT2D eigenvalue weighted by atomic mass is 10.1. The van der Waals surface area contributed by atoms with E-state index in [1.54, 1.807) is 36.3 Å². The largest absolute Gasteiger partial charge is 0.497 e. The highest BCUT2D eigenvalue weighted by atomic mass is 32.2. The molecule has 0 aliphatic carbocycles. The second-order valence-electron chi connectivity index (χ2n) is 7.33. The molecule has 30 heavy (non-hydrogen) atoms. The zero-order chi connectivity index (χ0) is 21.7. The van der Waals surface area contributed by atoms with Crippen LogP contribution in [0.4, 0.5) is 11.4 Å². The summed E-state index contributed by atoms with van der Waals surface area (Å²) in [7, 11) is -2.10. The summed E-state index contributed by atoms with van der Waals surface area (Å²) >= 11 is 0. The molecule has 0 N–H and O–H groups in total. The zero-order valence-electron chi connectivity index (χ0n) is 17.7. The first-order valence-electron chi connectivity index (χ1n) is 10.1. The number of anilines is 2. The van der Waals surface area contributed by atoms with Crippen LogP contribution in [-0.4, -0.2) is 64.8 Å². The highest BCUT2D eigenvalue weighted by Crippen LogP contribution is 2.26. The van der Waals surface area contributed by atoms with Crippen LogP contribution in [0.25, 0.3) is 0 Å². The second kappa shape index (κ2) is 9.38. The van der Waals surface area contributed by atoms with Crippen molar-refractivity contribution < 1.29 is 17.9 Å². The Bertz CT molecular complexity index is 940. The van der Waals surface area contributed by atoms with Crippen molar-refractivity contribution in [3.8, 4) is 5.75 Å².